The van der Waals surface area contributed by atoms with Crippen molar-refractivity contribution in [3.63, 3.8) is 0 Å². The van der Waals surface area contributed by atoms with Gasteiger partial charge in [-0.1, -0.05) is 30.3 Å². The molecule has 0 unspecified atom stereocenters. The lowest BCUT2D eigenvalue weighted by molar-refractivity contribution is -0.123. The second kappa shape index (κ2) is 7.14. The predicted octanol–water partition coefficient (Wildman–Crippen LogP) is 2.49. The lowest BCUT2D eigenvalue weighted by Gasteiger charge is -2.04. The molecule has 21 heavy (non-hydrogen) atoms. The van der Waals surface area contributed by atoms with Crippen LogP contribution in [-0.4, -0.2) is 18.7 Å². The Labute approximate surface area is 120 Å². The third-order valence-electron chi connectivity index (χ3n) is 2.49. The highest BCUT2D eigenvalue weighted by Gasteiger charge is 2.05. The van der Waals surface area contributed by atoms with Crippen molar-refractivity contribution in [1.82, 2.24) is 5.43 Å². The van der Waals surface area contributed by atoms with Gasteiger partial charge in [-0.15, -0.1) is 0 Å². The average molecular weight is 290 g/mol. The van der Waals surface area contributed by atoms with Crippen LogP contribution in [0.2, 0.25) is 0 Å². The molecule has 0 bridgehead atoms. The Kier molecular flexibility index (Phi) is 4.98. The van der Waals surface area contributed by atoms with Gasteiger partial charge in [0, 0.05) is 5.56 Å². The van der Waals surface area contributed by atoms with Crippen LogP contribution in [0.15, 0.2) is 53.6 Å². The molecule has 0 aliphatic carbocycles. The summed E-state index contributed by atoms with van der Waals surface area (Å²) in [7, 11) is 0. The first-order valence-electron chi connectivity index (χ1n) is 6.10. The number of rotatable bonds is 5. The van der Waals surface area contributed by atoms with Crippen LogP contribution in [0.5, 0.6) is 5.75 Å². The van der Waals surface area contributed by atoms with E-state index in [9.17, 15) is 13.6 Å². The van der Waals surface area contributed by atoms with Gasteiger partial charge in [0.1, 0.15) is 5.75 Å². The summed E-state index contributed by atoms with van der Waals surface area (Å²) in [6, 6.07) is 12.5. The van der Waals surface area contributed by atoms with Gasteiger partial charge in [-0.3, -0.25) is 4.79 Å². The Balaban J connectivity index is 1.83. The van der Waals surface area contributed by atoms with Crippen molar-refractivity contribution in [2.75, 3.05) is 6.61 Å². The highest BCUT2D eigenvalue weighted by molar-refractivity contribution is 5.83. The molecule has 0 aromatic heterocycles. The van der Waals surface area contributed by atoms with Crippen LogP contribution >= 0.6 is 0 Å². The van der Waals surface area contributed by atoms with Gasteiger partial charge >= 0.3 is 0 Å². The summed E-state index contributed by atoms with van der Waals surface area (Å²) in [5.74, 6) is -1.95. The molecule has 1 amide bonds. The van der Waals surface area contributed by atoms with Crippen LogP contribution in [0.1, 0.15) is 5.56 Å². The second-order valence-electron chi connectivity index (χ2n) is 4.04. The number of carbonyl (C=O) groups excluding carboxylic acids is 1. The minimum atomic E-state index is -1.02. The number of halogens is 2. The van der Waals surface area contributed by atoms with Gasteiger partial charge in [-0.05, 0) is 18.2 Å². The number of benzene rings is 2. The van der Waals surface area contributed by atoms with Gasteiger partial charge in [0.05, 0.1) is 6.21 Å². The largest absolute Gasteiger partial charge is 0.484 e. The van der Waals surface area contributed by atoms with Crippen LogP contribution in [0, 0.1) is 11.6 Å². The third kappa shape index (κ3) is 4.38. The summed E-state index contributed by atoms with van der Waals surface area (Å²) in [6.45, 7) is -0.229. The van der Waals surface area contributed by atoms with Crippen molar-refractivity contribution in [3.8, 4) is 5.75 Å². The quantitative estimate of drug-likeness (QED) is 0.679. The van der Waals surface area contributed by atoms with E-state index in [4.69, 9.17) is 4.74 Å². The Hall–Kier alpha value is -2.76. The molecule has 2 rings (SSSR count). The fraction of sp³-hybridized carbons (Fsp3) is 0.0667. The fourth-order valence-electron chi connectivity index (χ4n) is 1.49. The van der Waals surface area contributed by atoms with Crippen LogP contribution in [0.25, 0.3) is 0 Å². The molecule has 2 aromatic rings. The number of hydrogen-bond acceptors (Lipinski definition) is 3. The van der Waals surface area contributed by atoms with E-state index < -0.39 is 17.5 Å². The maximum Gasteiger partial charge on any atom is 0.277 e. The highest BCUT2D eigenvalue weighted by atomic mass is 19.2. The molecule has 0 saturated heterocycles. The van der Waals surface area contributed by atoms with Gasteiger partial charge in [0.15, 0.2) is 18.2 Å². The number of hydrazone groups is 1. The number of amides is 1. The molecule has 1 N–H and O–H groups in total. The molecular weight excluding hydrogens is 278 g/mol. The molecule has 0 heterocycles. The minimum absolute atomic E-state index is 0.0562. The third-order valence-corrected chi connectivity index (χ3v) is 2.49. The molecule has 0 atom stereocenters. The van der Waals surface area contributed by atoms with Crippen LogP contribution in [0.3, 0.4) is 0 Å². The Bertz CT molecular complexity index is 645. The van der Waals surface area contributed by atoms with E-state index in [0.717, 1.165) is 12.3 Å². The topological polar surface area (TPSA) is 50.7 Å². The maximum atomic E-state index is 13.3. The number of nitrogens with one attached hydrogen (secondary N) is 1. The van der Waals surface area contributed by atoms with Crippen LogP contribution in [-0.2, 0) is 4.79 Å². The number of nitrogens with zero attached hydrogens (tertiary/aromatic N) is 1. The van der Waals surface area contributed by atoms with E-state index in [1.165, 1.54) is 12.1 Å². The normalized spacial score (nSPS) is 10.6. The molecule has 0 aliphatic heterocycles. The Morgan fingerprint density at radius 2 is 1.90 bits per heavy atom. The molecule has 108 valence electrons. The van der Waals surface area contributed by atoms with Crippen LogP contribution < -0.4 is 10.2 Å². The SMILES string of the molecule is O=C(COc1ccccc1)N/N=C/c1cccc(F)c1F. The van der Waals surface area contributed by atoms with Gasteiger partial charge in [-0.2, -0.15) is 5.10 Å². The van der Waals surface area contributed by atoms with Gasteiger partial charge in [0.2, 0.25) is 0 Å². The first-order chi connectivity index (χ1) is 10.2. The van der Waals surface area contributed by atoms with E-state index in [1.807, 2.05) is 6.07 Å². The lowest BCUT2D eigenvalue weighted by Crippen LogP contribution is -2.24. The predicted molar refractivity (Wildman–Crippen MR) is 74.0 cm³/mol. The smallest absolute Gasteiger partial charge is 0.277 e. The summed E-state index contributed by atoms with van der Waals surface area (Å²) < 4.78 is 31.4. The number of carbonyl (C=O) groups is 1. The Morgan fingerprint density at radius 3 is 2.67 bits per heavy atom. The molecule has 2 aromatic carbocycles. The number of hydrogen-bond donors (Lipinski definition) is 1. The molecule has 6 heteroatoms. The van der Waals surface area contributed by atoms with Crippen molar-refractivity contribution in [1.29, 1.82) is 0 Å². The standard InChI is InChI=1S/C15H12F2N2O2/c16-13-8-4-5-11(15(13)17)9-18-19-14(20)10-21-12-6-2-1-3-7-12/h1-9H,10H2,(H,19,20)/b18-9+. The fourth-order valence-corrected chi connectivity index (χ4v) is 1.49. The zero-order valence-corrected chi connectivity index (χ0v) is 10.9. The van der Waals surface area contributed by atoms with Gasteiger partial charge in [-0.25, -0.2) is 14.2 Å². The molecule has 0 aliphatic rings. The first-order valence-corrected chi connectivity index (χ1v) is 6.10. The van der Waals surface area contributed by atoms with E-state index in [0.29, 0.717) is 5.75 Å². The summed E-state index contributed by atoms with van der Waals surface area (Å²) in [6.07, 6.45) is 1.03. The average Bonchev–Trinajstić information content (AvgIpc) is 2.50. The summed E-state index contributed by atoms with van der Waals surface area (Å²) in [5, 5.41) is 3.54. The van der Waals surface area contributed by atoms with Crippen molar-refractivity contribution < 1.29 is 18.3 Å². The second-order valence-corrected chi connectivity index (χ2v) is 4.04. The summed E-state index contributed by atoms with van der Waals surface area (Å²) in [4.78, 5) is 11.4. The molecule has 0 saturated carbocycles. The number of para-hydroxylation sites is 1. The van der Waals surface area contributed by atoms with E-state index in [-0.39, 0.29) is 12.2 Å². The van der Waals surface area contributed by atoms with Gasteiger partial charge in [0.25, 0.3) is 5.91 Å². The van der Waals surface area contributed by atoms with Crippen molar-refractivity contribution in [2.45, 2.75) is 0 Å². The van der Waals surface area contributed by atoms with Gasteiger partial charge < -0.3 is 4.74 Å². The molecule has 4 nitrogen and oxygen atoms in total. The zero-order valence-electron chi connectivity index (χ0n) is 10.9. The summed E-state index contributed by atoms with van der Waals surface area (Å²) in [5.41, 5.74) is 2.11. The van der Waals surface area contributed by atoms with E-state index in [1.54, 1.807) is 24.3 Å². The minimum Gasteiger partial charge on any atom is -0.484 e. The molecule has 0 spiro atoms. The highest BCUT2D eigenvalue weighted by Crippen LogP contribution is 2.09. The monoisotopic (exact) mass is 290 g/mol. The number of ether oxygens (including phenoxy) is 1. The van der Waals surface area contributed by atoms with Crippen molar-refractivity contribution in [2.24, 2.45) is 5.10 Å². The lowest BCUT2D eigenvalue weighted by atomic mass is 10.2. The molecular formula is C15H12F2N2O2. The molecule has 0 fully saturated rings. The zero-order chi connectivity index (χ0) is 15.1. The summed E-state index contributed by atoms with van der Waals surface area (Å²) >= 11 is 0. The first kappa shape index (κ1) is 14.6. The van der Waals surface area contributed by atoms with E-state index >= 15 is 0 Å². The van der Waals surface area contributed by atoms with Crippen LogP contribution in [0.4, 0.5) is 8.78 Å². The molecule has 0 radical (unpaired) electrons. The van der Waals surface area contributed by atoms with E-state index in [2.05, 4.69) is 10.5 Å². The van der Waals surface area contributed by atoms with Crippen molar-refractivity contribution in [3.05, 3.63) is 65.7 Å². The maximum absolute atomic E-state index is 13.3. The Morgan fingerprint density at radius 1 is 1.14 bits per heavy atom. The van der Waals surface area contributed by atoms with Crippen molar-refractivity contribution >= 4 is 12.1 Å².